The second-order valence-electron chi connectivity index (χ2n) is 4.98. The number of carbonyl (C=O) groups is 2. The Labute approximate surface area is 141 Å². The fraction of sp³-hybridized carbons (Fsp3) is 0.263. The van der Waals surface area contributed by atoms with E-state index in [9.17, 15) is 9.59 Å². The van der Waals surface area contributed by atoms with E-state index in [1.807, 2.05) is 13.8 Å². The fourth-order valence-corrected chi connectivity index (χ4v) is 2.04. The van der Waals surface area contributed by atoms with Crippen molar-refractivity contribution < 1.29 is 23.8 Å². The van der Waals surface area contributed by atoms with E-state index in [4.69, 9.17) is 14.2 Å². The lowest BCUT2D eigenvalue weighted by Gasteiger charge is -2.10. The average Bonchev–Trinajstić information content (AvgIpc) is 2.60. The molecule has 0 N–H and O–H groups in total. The van der Waals surface area contributed by atoms with Crippen LogP contribution < -0.4 is 9.47 Å². The number of para-hydroxylation sites is 1. The maximum atomic E-state index is 12.3. The maximum absolute atomic E-state index is 12.3. The second kappa shape index (κ2) is 8.72. The zero-order valence-corrected chi connectivity index (χ0v) is 13.8. The smallest absolute Gasteiger partial charge is 0.347 e. The summed E-state index contributed by atoms with van der Waals surface area (Å²) in [6.45, 7) is 4.56. The summed E-state index contributed by atoms with van der Waals surface area (Å²) in [5, 5.41) is 0. The number of hydrogen-bond acceptors (Lipinski definition) is 5. The monoisotopic (exact) mass is 328 g/mol. The summed E-state index contributed by atoms with van der Waals surface area (Å²) in [7, 11) is 0. The minimum atomic E-state index is -0.543. The molecule has 0 aliphatic heterocycles. The van der Waals surface area contributed by atoms with E-state index >= 15 is 0 Å². The van der Waals surface area contributed by atoms with Gasteiger partial charge in [-0.3, -0.25) is 0 Å². The molecule has 0 aliphatic carbocycles. The van der Waals surface area contributed by atoms with Gasteiger partial charge in [-0.05, 0) is 43.7 Å². The van der Waals surface area contributed by atoms with Crippen molar-refractivity contribution in [3.8, 4) is 11.5 Å². The van der Waals surface area contributed by atoms with E-state index in [-0.39, 0.29) is 5.75 Å². The molecule has 0 saturated carbocycles. The van der Waals surface area contributed by atoms with E-state index in [1.165, 1.54) is 6.07 Å². The quantitative estimate of drug-likeness (QED) is 0.570. The third-order valence-electron chi connectivity index (χ3n) is 3.12. The van der Waals surface area contributed by atoms with Gasteiger partial charge in [-0.1, -0.05) is 25.1 Å². The first-order chi connectivity index (χ1) is 11.7. The Balaban J connectivity index is 2.14. The molecular formula is C19H20O5. The van der Waals surface area contributed by atoms with Gasteiger partial charge < -0.3 is 14.2 Å². The Kier molecular flexibility index (Phi) is 6.37. The average molecular weight is 328 g/mol. The number of hydrogen-bond donors (Lipinski definition) is 0. The molecule has 0 fully saturated rings. The minimum Gasteiger partial charge on any atom is -0.493 e. The van der Waals surface area contributed by atoms with Crippen molar-refractivity contribution in [1.82, 2.24) is 0 Å². The van der Waals surface area contributed by atoms with Gasteiger partial charge in [0.25, 0.3) is 0 Å². The molecule has 0 spiro atoms. The second-order valence-corrected chi connectivity index (χ2v) is 4.98. The molecule has 0 saturated heterocycles. The number of benzene rings is 2. The molecule has 0 radical (unpaired) electrons. The summed E-state index contributed by atoms with van der Waals surface area (Å²) in [5.41, 5.74) is 0.671. The van der Waals surface area contributed by atoms with Gasteiger partial charge >= 0.3 is 11.9 Å². The van der Waals surface area contributed by atoms with Crippen LogP contribution in [0.25, 0.3) is 0 Å². The third kappa shape index (κ3) is 4.59. The van der Waals surface area contributed by atoms with Crippen molar-refractivity contribution in [2.24, 2.45) is 0 Å². The van der Waals surface area contributed by atoms with Crippen molar-refractivity contribution in [3.05, 3.63) is 59.7 Å². The summed E-state index contributed by atoms with van der Waals surface area (Å²) < 4.78 is 15.9. The highest BCUT2D eigenvalue weighted by atomic mass is 16.5. The van der Waals surface area contributed by atoms with Gasteiger partial charge in [-0.15, -0.1) is 0 Å². The van der Waals surface area contributed by atoms with E-state index in [2.05, 4.69) is 0 Å². The predicted molar refractivity (Wildman–Crippen MR) is 89.6 cm³/mol. The van der Waals surface area contributed by atoms with Gasteiger partial charge in [0, 0.05) is 0 Å². The first-order valence-corrected chi connectivity index (χ1v) is 7.87. The van der Waals surface area contributed by atoms with Gasteiger partial charge in [0.15, 0.2) is 0 Å². The minimum absolute atomic E-state index is 0.275. The number of ether oxygens (including phenoxy) is 3. The summed E-state index contributed by atoms with van der Waals surface area (Å²) in [6, 6.07) is 13.2. The summed E-state index contributed by atoms with van der Waals surface area (Å²) in [6.07, 6.45) is 0.745. The first kappa shape index (κ1) is 17.5. The molecule has 0 bridgehead atoms. The Hall–Kier alpha value is -2.82. The molecule has 0 heterocycles. The molecule has 0 atom stereocenters. The molecule has 24 heavy (non-hydrogen) atoms. The Morgan fingerprint density at radius 3 is 2.50 bits per heavy atom. The standard InChI is InChI=1S/C19H20O5/c1-3-12-23-18(20)14-8-7-9-15(13-14)24-19(21)16-10-5-6-11-17(16)22-4-2/h5-11,13H,3-4,12H2,1-2H3. The highest BCUT2D eigenvalue weighted by molar-refractivity contribution is 5.94. The molecule has 5 heteroatoms. The third-order valence-corrected chi connectivity index (χ3v) is 3.12. The van der Waals surface area contributed by atoms with Crippen LogP contribution in [0.1, 0.15) is 41.0 Å². The van der Waals surface area contributed by atoms with Gasteiger partial charge in [0.2, 0.25) is 0 Å². The van der Waals surface area contributed by atoms with Crippen LogP contribution >= 0.6 is 0 Å². The lowest BCUT2D eigenvalue weighted by molar-refractivity contribution is 0.0503. The highest BCUT2D eigenvalue weighted by Gasteiger charge is 2.15. The molecular weight excluding hydrogens is 308 g/mol. The predicted octanol–water partition coefficient (Wildman–Crippen LogP) is 3.87. The molecule has 126 valence electrons. The summed E-state index contributed by atoms with van der Waals surface area (Å²) in [5.74, 6) is -0.247. The number of esters is 2. The van der Waals surface area contributed by atoms with Gasteiger partial charge in [-0.2, -0.15) is 0 Å². The zero-order valence-electron chi connectivity index (χ0n) is 13.8. The molecule has 0 aromatic heterocycles. The molecule has 2 rings (SSSR count). The van der Waals surface area contributed by atoms with Crippen LogP contribution in [0.4, 0.5) is 0 Å². The Morgan fingerprint density at radius 1 is 0.958 bits per heavy atom. The van der Waals surface area contributed by atoms with Crippen LogP contribution in [0.2, 0.25) is 0 Å². The van der Waals surface area contributed by atoms with E-state index < -0.39 is 11.9 Å². The van der Waals surface area contributed by atoms with E-state index in [0.717, 1.165) is 6.42 Å². The van der Waals surface area contributed by atoms with Crippen LogP contribution in [0.5, 0.6) is 11.5 Å². The zero-order chi connectivity index (χ0) is 17.4. The first-order valence-electron chi connectivity index (χ1n) is 7.87. The normalized spacial score (nSPS) is 10.1. The number of rotatable bonds is 7. The molecule has 5 nitrogen and oxygen atoms in total. The van der Waals surface area contributed by atoms with Crippen LogP contribution in [0.15, 0.2) is 48.5 Å². The topological polar surface area (TPSA) is 61.8 Å². The van der Waals surface area contributed by atoms with Crippen LogP contribution in [0.3, 0.4) is 0 Å². The lowest BCUT2D eigenvalue weighted by atomic mass is 10.2. The SMILES string of the molecule is CCCOC(=O)c1cccc(OC(=O)c2ccccc2OCC)c1. The van der Waals surface area contributed by atoms with Crippen molar-refractivity contribution in [1.29, 1.82) is 0 Å². The molecule has 0 aliphatic rings. The summed E-state index contributed by atoms with van der Waals surface area (Å²) in [4.78, 5) is 24.2. The highest BCUT2D eigenvalue weighted by Crippen LogP contribution is 2.21. The number of carbonyl (C=O) groups excluding carboxylic acids is 2. The van der Waals surface area contributed by atoms with Crippen molar-refractivity contribution in [2.45, 2.75) is 20.3 Å². The van der Waals surface area contributed by atoms with Crippen molar-refractivity contribution in [2.75, 3.05) is 13.2 Å². The van der Waals surface area contributed by atoms with Crippen molar-refractivity contribution in [3.63, 3.8) is 0 Å². The summed E-state index contributed by atoms with van der Waals surface area (Å²) >= 11 is 0. The molecule has 0 amide bonds. The Bertz CT molecular complexity index is 708. The van der Waals surface area contributed by atoms with Crippen LogP contribution in [-0.2, 0) is 4.74 Å². The molecule has 2 aromatic rings. The van der Waals surface area contributed by atoms with Gasteiger partial charge in [0.1, 0.15) is 17.1 Å². The largest absolute Gasteiger partial charge is 0.493 e. The van der Waals surface area contributed by atoms with Crippen LogP contribution in [0, 0.1) is 0 Å². The van der Waals surface area contributed by atoms with Crippen LogP contribution in [-0.4, -0.2) is 25.2 Å². The van der Waals surface area contributed by atoms with Crippen molar-refractivity contribution >= 4 is 11.9 Å². The molecule has 0 unspecified atom stereocenters. The Morgan fingerprint density at radius 2 is 1.75 bits per heavy atom. The maximum Gasteiger partial charge on any atom is 0.347 e. The fourth-order valence-electron chi connectivity index (χ4n) is 2.04. The van der Waals surface area contributed by atoms with Gasteiger partial charge in [-0.25, -0.2) is 9.59 Å². The lowest BCUT2D eigenvalue weighted by Crippen LogP contribution is -2.11. The van der Waals surface area contributed by atoms with E-state index in [1.54, 1.807) is 42.5 Å². The van der Waals surface area contributed by atoms with E-state index in [0.29, 0.717) is 30.1 Å². The molecule has 2 aromatic carbocycles. The van der Waals surface area contributed by atoms with Gasteiger partial charge in [0.05, 0.1) is 18.8 Å².